The number of aromatic hydroxyl groups is 1. The number of methoxy groups -OCH3 is 1. The Bertz CT molecular complexity index is 403. The highest BCUT2D eigenvalue weighted by atomic mass is 16.5. The zero-order valence-electron chi connectivity index (χ0n) is 10.0. The van der Waals surface area contributed by atoms with E-state index in [-0.39, 0.29) is 11.2 Å². The Kier molecular flexibility index (Phi) is 3.78. The van der Waals surface area contributed by atoms with E-state index < -0.39 is 0 Å². The molecule has 0 bridgehead atoms. The van der Waals surface area contributed by atoms with Crippen LogP contribution in [-0.2, 0) is 0 Å². The molecule has 0 saturated carbocycles. The molecule has 1 aromatic rings. The van der Waals surface area contributed by atoms with E-state index >= 15 is 0 Å². The van der Waals surface area contributed by atoms with Crippen LogP contribution in [0, 0.1) is 5.41 Å². The van der Waals surface area contributed by atoms with Crippen molar-refractivity contribution in [2.24, 2.45) is 5.41 Å². The molecule has 16 heavy (non-hydrogen) atoms. The summed E-state index contributed by atoms with van der Waals surface area (Å²) < 4.78 is 5.04. The Morgan fingerprint density at radius 1 is 1.38 bits per heavy atom. The van der Waals surface area contributed by atoms with Gasteiger partial charge in [0.1, 0.15) is 0 Å². The van der Waals surface area contributed by atoms with Crippen LogP contribution in [0.2, 0.25) is 0 Å². The minimum absolute atomic E-state index is 0.0366. The second-order valence-electron chi connectivity index (χ2n) is 4.29. The summed E-state index contributed by atoms with van der Waals surface area (Å²) in [6.07, 6.45) is 5.94. The first-order valence-corrected chi connectivity index (χ1v) is 5.18. The molecular formula is C14H18O2. The van der Waals surface area contributed by atoms with Gasteiger partial charge in [-0.1, -0.05) is 38.1 Å². The van der Waals surface area contributed by atoms with Crippen LogP contribution in [-0.4, -0.2) is 12.2 Å². The van der Waals surface area contributed by atoms with Gasteiger partial charge in [-0.2, -0.15) is 0 Å². The van der Waals surface area contributed by atoms with Crippen molar-refractivity contribution >= 4 is 6.08 Å². The van der Waals surface area contributed by atoms with Crippen molar-refractivity contribution in [1.29, 1.82) is 0 Å². The highest BCUT2D eigenvalue weighted by Gasteiger charge is 2.07. The summed E-state index contributed by atoms with van der Waals surface area (Å²) in [4.78, 5) is 0. The van der Waals surface area contributed by atoms with Gasteiger partial charge in [-0.25, -0.2) is 0 Å². The smallest absolute Gasteiger partial charge is 0.161 e. The maximum Gasteiger partial charge on any atom is 0.161 e. The lowest BCUT2D eigenvalue weighted by molar-refractivity contribution is 0.373. The molecule has 0 unspecified atom stereocenters. The predicted octanol–water partition coefficient (Wildman–Crippen LogP) is 3.63. The maximum atomic E-state index is 9.44. The van der Waals surface area contributed by atoms with Crippen LogP contribution in [0.25, 0.3) is 6.08 Å². The van der Waals surface area contributed by atoms with Gasteiger partial charge in [0.25, 0.3) is 0 Å². The predicted molar refractivity (Wildman–Crippen MR) is 67.7 cm³/mol. The van der Waals surface area contributed by atoms with Gasteiger partial charge in [0.05, 0.1) is 7.11 Å². The fraction of sp³-hybridized carbons (Fsp3) is 0.286. The summed E-state index contributed by atoms with van der Waals surface area (Å²) in [6, 6.07) is 5.26. The average molecular weight is 218 g/mol. The standard InChI is InChI=1S/C14H18O2/c1-5-14(2,3)9-8-11-6-7-12(15)13(10-11)16-4/h5-10,15H,1H2,2-4H3. The Morgan fingerprint density at radius 3 is 2.62 bits per heavy atom. The van der Waals surface area contributed by atoms with Crippen molar-refractivity contribution < 1.29 is 9.84 Å². The van der Waals surface area contributed by atoms with Crippen LogP contribution in [0.3, 0.4) is 0 Å². The van der Waals surface area contributed by atoms with E-state index in [1.54, 1.807) is 12.1 Å². The SMILES string of the molecule is C=CC(C)(C)C=Cc1ccc(O)c(OC)c1. The molecule has 0 aliphatic rings. The molecule has 0 fully saturated rings. The normalized spacial score (nSPS) is 11.7. The Balaban J connectivity index is 2.94. The second-order valence-corrected chi connectivity index (χ2v) is 4.29. The Labute approximate surface area is 96.9 Å². The zero-order chi connectivity index (χ0) is 12.2. The van der Waals surface area contributed by atoms with Crippen molar-refractivity contribution in [3.63, 3.8) is 0 Å². The lowest BCUT2D eigenvalue weighted by Crippen LogP contribution is -2.00. The molecule has 0 heterocycles. The van der Waals surface area contributed by atoms with Gasteiger partial charge in [-0.3, -0.25) is 0 Å². The van der Waals surface area contributed by atoms with Crippen LogP contribution >= 0.6 is 0 Å². The lowest BCUT2D eigenvalue weighted by atomic mass is 9.92. The molecular weight excluding hydrogens is 200 g/mol. The van der Waals surface area contributed by atoms with E-state index in [4.69, 9.17) is 4.74 Å². The fourth-order valence-electron chi connectivity index (χ4n) is 1.18. The molecule has 2 nitrogen and oxygen atoms in total. The van der Waals surface area contributed by atoms with E-state index in [1.807, 2.05) is 18.2 Å². The van der Waals surface area contributed by atoms with Crippen LogP contribution in [0.15, 0.2) is 36.9 Å². The monoisotopic (exact) mass is 218 g/mol. The summed E-state index contributed by atoms with van der Waals surface area (Å²) >= 11 is 0. The highest BCUT2D eigenvalue weighted by Crippen LogP contribution is 2.27. The molecule has 1 rings (SSSR count). The summed E-state index contributed by atoms with van der Waals surface area (Å²) in [5.74, 6) is 0.640. The molecule has 0 aliphatic heterocycles. The minimum atomic E-state index is -0.0366. The third kappa shape index (κ3) is 3.16. The molecule has 86 valence electrons. The molecule has 0 atom stereocenters. The molecule has 2 heteroatoms. The summed E-state index contributed by atoms with van der Waals surface area (Å²) in [6.45, 7) is 7.93. The van der Waals surface area contributed by atoms with Crippen LogP contribution in [0.5, 0.6) is 11.5 Å². The van der Waals surface area contributed by atoms with Crippen molar-refractivity contribution in [3.05, 3.63) is 42.5 Å². The van der Waals surface area contributed by atoms with Crippen molar-refractivity contribution in [2.45, 2.75) is 13.8 Å². The average Bonchev–Trinajstić information content (AvgIpc) is 2.28. The number of benzene rings is 1. The van der Waals surface area contributed by atoms with Crippen molar-refractivity contribution in [2.75, 3.05) is 7.11 Å². The third-order valence-corrected chi connectivity index (χ3v) is 2.44. The van der Waals surface area contributed by atoms with Crippen molar-refractivity contribution in [1.82, 2.24) is 0 Å². The molecule has 1 aromatic carbocycles. The lowest BCUT2D eigenvalue weighted by Gasteiger charge is -2.13. The molecule has 0 amide bonds. The van der Waals surface area contributed by atoms with E-state index in [0.717, 1.165) is 5.56 Å². The number of phenolic OH excluding ortho intramolecular Hbond substituents is 1. The molecule has 0 spiro atoms. The van der Waals surface area contributed by atoms with Gasteiger partial charge in [-0.15, -0.1) is 6.58 Å². The maximum absolute atomic E-state index is 9.44. The van der Waals surface area contributed by atoms with Gasteiger partial charge < -0.3 is 9.84 Å². The number of rotatable bonds is 4. The van der Waals surface area contributed by atoms with Gasteiger partial charge in [0, 0.05) is 5.41 Å². The largest absolute Gasteiger partial charge is 0.504 e. The van der Waals surface area contributed by atoms with Crippen LogP contribution in [0.4, 0.5) is 0 Å². The minimum Gasteiger partial charge on any atom is -0.504 e. The second kappa shape index (κ2) is 4.88. The van der Waals surface area contributed by atoms with E-state index in [1.165, 1.54) is 7.11 Å². The van der Waals surface area contributed by atoms with Crippen molar-refractivity contribution in [3.8, 4) is 11.5 Å². The zero-order valence-corrected chi connectivity index (χ0v) is 10.0. The number of allylic oxidation sites excluding steroid dienone is 2. The van der Waals surface area contributed by atoms with Gasteiger partial charge in [-0.05, 0) is 17.7 Å². The van der Waals surface area contributed by atoms with E-state index in [9.17, 15) is 5.11 Å². The van der Waals surface area contributed by atoms with Gasteiger partial charge >= 0.3 is 0 Å². The number of hydrogen-bond acceptors (Lipinski definition) is 2. The molecule has 0 saturated heterocycles. The molecule has 0 aliphatic carbocycles. The molecule has 0 aromatic heterocycles. The Morgan fingerprint density at radius 2 is 2.06 bits per heavy atom. The number of ether oxygens (including phenoxy) is 1. The summed E-state index contributed by atoms with van der Waals surface area (Å²) in [5, 5.41) is 9.44. The molecule has 1 N–H and O–H groups in total. The van der Waals surface area contributed by atoms with E-state index in [0.29, 0.717) is 5.75 Å². The summed E-state index contributed by atoms with van der Waals surface area (Å²) in [5.41, 5.74) is 0.954. The highest BCUT2D eigenvalue weighted by molar-refractivity contribution is 5.56. The first-order valence-electron chi connectivity index (χ1n) is 5.18. The fourth-order valence-corrected chi connectivity index (χ4v) is 1.18. The molecule has 0 radical (unpaired) electrons. The van der Waals surface area contributed by atoms with Crippen LogP contribution < -0.4 is 4.74 Å². The number of hydrogen-bond donors (Lipinski definition) is 1. The quantitative estimate of drug-likeness (QED) is 0.782. The van der Waals surface area contributed by atoms with Gasteiger partial charge in [0.2, 0.25) is 0 Å². The summed E-state index contributed by atoms with van der Waals surface area (Å²) in [7, 11) is 1.54. The Hall–Kier alpha value is -1.70. The number of phenols is 1. The first kappa shape index (κ1) is 12.4. The van der Waals surface area contributed by atoms with E-state index in [2.05, 4.69) is 26.5 Å². The topological polar surface area (TPSA) is 29.5 Å². The van der Waals surface area contributed by atoms with Crippen LogP contribution in [0.1, 0.15) is 19.4 Å². The van der Waals surface area contributed by atoms with Gasteiger partial charge in [0.15, 0.2) is 11.5 Å². The third-order valence-electron chi connectivity index (χ3n) is 2.44. The first-order chi connectivity index (χ1) is 7.48.